The van der Waals surface area contributed by atoms with Crippen LogP contribution in [0.2, 0.25) is 0 Å². The predicted octanol–water partition coefficient (Wildman–Crippen LogP) is 1.27. The first-order chi connectivity index (χ1) is 9.04. The van der Waals surface area contributed by atoms with Crippen molar-refractivity contribution in [1.29, 1.82) is 0 Å². The third kappa shape index (κ3) is 3.73. The second-order valence-electron chi connectivity index (χ2n) is 4.01. The lowest BCUT2D eigenvalue weighted by molar-refractivity contribution is -0.141. The van der Waals surface area contributed by atoms with E-state index in [2.05, 4.69) is 4.98 Å². The molecule has 0 radical (unpaired) electrons. The van der Waals surface area contributed by atoms with E-state index in [1.807, 2.05) is 24.3 Å². The van der Waals surface area contributed by atoms with Crippen LogP contribution in [0.1, 0.15) is 5.01 Å². The maximum atomic E-state index is 10.7. The number of aromatic nitrogens is 1. The fourth-order valence-corrected chi connectivity index (χ4v) is 2.74. The van der Waals surface area contributed by atoms with Gasteiger partial charge in [0, 0.05) is 0 Å². The number of hydrogen-bond acceptors (Lipinski definition) is 5. The van der Waals surface area contributed by atoms with E-state index in [1.165, 1.54) is 16.2 Å². The first kappa shape index (κ1) is 13.4. The molecule has 0 spiro atoms. The number of aliphatic carboxylic acids is 2. The predicted molar refractivity (Wildman–Crippen MR) is 70.2 cm³/mol. The van der Waals surface area contributed by atoms with Crippen LogP contribution in [0.4, 0.5) is 0 Å². The van der Waals surface area contributed by atoms with E-state index in [0.29, 0.717) is 5.01 Å². The molecule has 0 amide bonds. The van der Waals surface area contributed by atoms with Gasteiger partial charge in [0.15, 0.2) is 0 Å². The van der Waals surface area contributed by atoms with Crippen LogP contribution in [0.15, 0.2) is 24.3 Å². The molecule has 2 aromatic rings. The molecule has 1 heterocycles. The van der Waals surface area contributed by atoms with Crippen LogP contribution in [0.25, 0.3) is 10.2 Å². The number of thiazole rings is 1. The van der Waals surface area contributed by atoms with Gasteiger partial charge in [-0.25, -0.2) is 4.98 Å². The maximum absolute atomic E-state index is 10.7. The van der Waals surface area contributed by atoms with Gasteiger partial charge in [-0.1, -0.05) is 12.1 Å². The lowest BCUT2D eigenvalue weighted by Crippen LogP contribution is -2.33. The molecule has 1 aromatic heterocycles. The van der Waals surface area contributed by atoms with E-state index < -0.39 is 11.9 Å². The van der Waals surface area contributed by atoms with Gasteiger partial charge in [0.1, 0.15) is 5.01 Å². The minimum Gasteiger partial charge on any atom is -0.480 e. The molecule has 0 bridgehead atoms. The van der Waals surface area contributed by atoms with Crippen molar-refractivity contribution in [3.8, 4) is 0 Å². The van der Waals surface area contributed by atoms with E-state index in [1.54, 1.807) is 0 Å². The zero-order valence-electron chi connectivity index (χ0n) is 9.94. The van der Waals surface area contributed by atoms with Gasteiger partial charge in [-0.15, -0.1) is 11.3 Å². The number of rotatable bonds is 6. The topological polar surface area (TPSA) is 90.7 Å². The zero-order chi connectivity index (χ0) is 13.8. The van der Waals surface area contributed by atoms with Gasteiger partial charge in [-0.2, -0.15) is 0 Å². The van der Waals surface area contributed by atoms with Gasteiger partial charge in [-0.05, 0) is 12.1 Å². The first-order valence-corrected chi connectivity index (χ1v) is 6.36. The summed E-state index contributed by atoms with van der Waals surface area (Å²) in [5, 5.41) is 18.2. The van der Waals surface area contributed by atoms with E-state index in [4.69, 9.17) is 10.2 Å². The third-order valence-corrected chi connectivity index (χ3v) is 3.44. The standard InChI is InChI=1S/C12H12N2O4S/c15-11(16)6-14(7-12(17)18)5-10-13-8-3-1-2-4-9(8)19-10/h1-4H,5-7H2,(H,15,16)(H,17,18). The van der Waals surface area contributed by atoms with Gasteiger partial charge in [0.05, 0.1) is 29.9 Å². The monoisotopic (exact) mass is 280 g/mol. The molecular formula is C12H12N2O4S. The Morgan fingerprint density at radius 1 is 1.16 bits per heavy atom. The number of fused-ring (bicyclic) bond motifs is 1. The highest BCUT2D eigenvalue weighted by molar-refractivity contribution is 7.18. The lowest BCUT2D eigenvalue weighted by Gasteiger charge is -2.15. The molecule has 0 aliphatic rings. The molecule has 0 atom stereocenters. The molecule has 0 aliphatic carbocycles. The number of para-hydroxylation sites is 1. The summed E-state index contributed by atoms with van der Waals surface area (Å²) in [6.45, 7) is -0.414. The van der Waals surface area contributed by atoms with E-state index in [0.717, 1.165) is 10.2 Å². The average molecular weight is 280 g/mol. The number of carbonyl (C=O) groups is 2. The fraction of sp³-hybridized carbons (Fsp3) is 0.250. The molecule has 1 aromatic carbocycles. The van der Waals surface area contributed by atoms with Crippen LogP contribution in [0.5, 0.6) is 0 Å². The Kier molecular flexibility index (Phi) is 4.08. The smallest absolute Gasteiger partial charge is 0.317 e. The van der Waals surface area contributed by atoms with Crippen molar-refractivity contribution in [2.45, 2.75) is 6.54 Å². The molecule has 0 unspecified atom stereocenters. The summed E-state index contributed by atoms with van der Waals surface area (Å²) in [5.74, 6) is -2.11. The van der Waals surface area contributed by atoms with Gasteiger partial charge >= 0.3 is 11.9 Å². The summed E-state index contributed by atoms with van der Waals surface area (Å²) < 4.78 is 1.00. The molecule has 0 saturated heterocycles. The van der Waals surface area contributed by atoms with Crippen LogP contribution in [-0.2, 0) is 16.1 Å². The second-order valence-corrected chi connectivity index (χ2v) is 5.12. The molecule has 2 rings (SSSR count). The summed E-state index contributed by atoms with van der Waals surface area (Å²) in [7, 11) is 0. The first-order valence-electron chi connectivity index (χ1n) is 5.55. The quantitative estimate of drug-likeness (QED) is 0.828. The molecule has 19 heavy (non-hydrogen) atoms. The highest BCUT2D eigenvalue weighted by Gasteiger charge is 2.15. The van der Waals surface area contributed by atoms with Crippen molar-refractivity contribution in [2.75, 3.05) is 13.1 Å². The Morgan fingerprint density at radius 2 is 1.79 bits per heavy atom. The highest BCUT2D eigenvalue weighted by atomic mass is 32.1. The summed E-state index contributed by atoms with van der Waals surface area (Å²) in [6, 6.07) is 7.57. The van der Waals surface area contributed by atoms with E-state index in [9.17, 15) is 9.59 Å². The Morgan fingerprint density at radius 3 is 2.37 bits per heavy atom. The molecular weight excluding hydrogens is 268 g/mol. The minimum atomic E-state index is -1.05. The largest absolute Gasteiger partial charge is 0.480 e. The summed E-state index contributed by atoms with van der Waals surface area (Å²) in [5.41, 5.74) is 0.841. The van der Waals surface area contributed by atoms with Gasteiger partial charge < -0.3 is 10.2 Å². The number of hydrogen-bond donors (Lipinski definition) is 2. The van der Waals surface area contributed by atoms with Crippen LogP contribution in [0.3, 0.4) is 0 Å². The Balaban J connectivity index is 2.15. The van der Waals surface area contributed by atoms with Crippen LogP contribution in [-0.4, -0.2) is 45.1 Å². The molecule has 7 heteroatoms. The Bertz CT molecular complexity index is 562. The third-order valence-electron chi connectivity index (χ3n) is 2.41. The minimum absolute atomic E-state index is 0.220. The maximum Gasteiger partial charge on any atom is 0.317 e. The van der Waals surface area contributed by atoms with Crippen LogP contribution >= 0.6 is 11.3 Å². The van der Waals surface area contributed by atoms with Crippen molar-refractivity contribution in [1.82, 2.24) is 9.88 Å². The van der Waals surface area contributed by atoms with Crippen molar-refractivity contribution in [3.05, 3.63) is 29.3 Å². The van der Waals surface area contributed by atoms with Crippen molar-refractivity contribution in [3.63, 3.8) is 0 Å². The van der Waals surface area contributed by atoms with E-state index in [-0.39, 0.29) is 19.6 Å². The van der Waals surface area contributed by atoms with Crippen LogP contribution in [0, 0.1) is 0 Å². The lowest BCUT2D eigenvalue weighted by atomic mass is 10.3. The number of benzene rings is 1. The molecule has 0 saturated carbocycles. The molecule has 2 N–H and O–H groups in total. The van der Waals surface area contributed by atoms with Gasteiger partial charge in [0.25, 0.3) is 0 Å². The molecule has 100 valence electrons. The van der Waals surface area contributed by atoms with E-state index >= 15 is 0 Å². The van der Waals surface area contributed by atoms with Gasteiger partial charge in [0.2, 0.25) is 0 Å². The fourth-order valence-electron chi connectivity index (χ4n) is 1.73. The molecule has 6 nitrogen and oxygen atoms in total. The molecule has 0 aliphatic heterocycles. The Labute approximate surface area is 112 Å². The van der Waals surface area contributed by atoms with Crippen molar-refractivity contribution < 1.29 is 19.8 Å². The number of carboxylic acid groups (broad SMARTS) is 2. The molecule has 0 fully saturated rings. The summed E-state index contributed by atoms with van der Waals surface area (Å²) in [4.78, 5) is 27.1. The summed E-state index contributed by atoms with van der Waals surface area (Å²) in [6.07, 6.45) is 0. The SMILES string of the molecule is O=C(O)CN(CC(=O)O)Cc1nc2ccccc2s1. The number of nitrogens with zero attached hydrogens (tertiary/aromatic N) is 2. The highest BCUT2D eigenvalue weighted by Crippen LogP contribution is 2.22. The van der Waals surface area contributed by atoms with Crippen molar-refractivity contribution >= 4 is 33.5 Å². The average Bonchev–Trinajstić information content (AvgIpc) is 2.68. The van der Waals surface area contributed by atoms with Crippen molar-refractivity contribution in [2.24, 2.45) is 0 Å². The van der Waals surface area contributed by atoms with Gasteiger partial charge in [-0.3, -0.25) is 14.5 Å². The zero-order valence-corrected chi connectivity index (χ0v) is 10.8. The Hall–Kier alpha value is -1.99. The number of carboxylic acids is 2. The van der Waals surface area contributed by atoms with Crippen LogP contribution < -0.4 is 0 Å². The summed E-state index contributed by atoms with van der Waals surface area (Å²) >= 11 is 1.44. The second kappa shape index (κ2) is 5.77. The normalized spacial score (nSPS) is 11.0.